The van der Waals surface area contributed by atoms with Crippen molar-refractivity contribution in [2.24, 2.45) is 5.92 Å². The van der Waals surface area contributed by atoms with Gasteiger partial charge in [-0.05, 0) is 36.6 Å². The number of anilines is 1. The highest BCUT2D eigenvalue weighted by atomic mass is 16.3. The van der Waals surface area contributed by atoms with E-state index in [-0.39, 0.29) is 18.6 Å². The van der Waals surface area contributed by atoms with E-state index < -0.39 is 0 Å². The third-order valence-electron chi connectivity index (χ3n) is 3.16. The summed E-state index contributed by atoms with van der Waals surface area (Å²) in [5, 5.41) is 14.5. The summed E-state index contributed by atoms with van der Waals surface area (Å²) in [5.74, 6) is 0.948. The molecule has 0 bridgehead atoms. The van der Waals surface area contributed by atoms with E-state index in [1.807, 2.05) is 43.3 Å². The Hall–Kier alpha value is -2.27. The molecule has 0 spiro atoms. The van der Waals surface area contributed by atoms with Gasteiger partial charge in [-0.15, -0.1) is 0 Å². The number of furan rings is 1. The second-order valence-electron chi connectivity index (χ2n) is 5.02. The van der Waals surface area contributed by atoms with Crippen molar-refractivity contribution in [2.75, 3.05) is 18.5 Å². The highest BCUT2D eigenvalue weighted by Crippen LogP contribution is 2.22. The zero-order chi connectivity index (χ0) is 15.1. The number of carbonyl (C=O) groups excluding carboxylic acids is 1. The van der Waals surface area contributed by atoms with Gasteiger partial charge in [0.25, 0.3) is 0 Å². The Bertz CT molecular complexity index is 567. The van der Waals surface area contributed by atoms with Crippen LogP contribution in [0.15, 0.2) is 47.1 Å². The molecule has 2 amide bonds. The fourth-order valence-corrected chi connectivity index (χ4v) is 1.89. The Morgan fingerprint density at radius 2 is 2.19 bits per heavy atom. The molecule has 5 heteroatoms. The van der Waals surface area contributed by atoms with Gasteiger partial charge in [0.1, 0.15) is 5.76 Å². The van der Waals surface area contributed by atoms with E-state index in [2.05, 4.69) is 10.6 Å². The number of carbonyl (C=O) groups is 1. The number of hydrogen-bond acceptors (Lipinski definition) is 3. The zero-order valence-corrected chi connectivity index (χ0v) is 12.0. The summed E-state index contributed by atoms with van der Waals surface area (Å²) in [6.07, 6.45) is 2.36. The normalized spacial score (nSPS) is 11.9. The van der Waals surface area contributed by atoms with Crippen LogP contribution < -0.4 is 10.6 Å². The van der Waals surface area contributed by atoms with Gasteiger partial charge in [-0.25, -0.2) is 4.79 Å². The van der Waals surface area contributed by atoms with Gasteiger partial charge in [0.2, 0.25) is 0 Å². The monoisotopic (exact) mass is 288 g/mol. The molecular weight excluding hydrogens is 268 g/mol. The molecule has 1 aromatic heterocycles. The molecule has 0 aliphatic heterocycles. The van der Waals surface area contributed by atoms with Crippen LogP contribution in [0.2, 0.25) is 0 Å². The quantitative estimate of drug-likeness (QED) is 0.764. The lowest BCUT2D eigenvalue weighted by Crippen LogP contribution is -2.30. The van der Waals surface area contributed by atoms with Gasteiger partial charge in [-0.1, -0.05) is 19.1 Å². The molecule has 21 heavy (non-hydrogen) atoms. The van der Waals surface area contributed by atoms with E-state index in [1.165, 1.54) is 0 Å². The average molecular weight is 288 g/mol. The van der Waals surface area contributed by atoms with Crippen LogP contribution in [0.1, 0.15) is 13.3 Å². The second-order valence-corrected chi connectivity index (χ2v) is 5.02. The molecule has 2 aromatic rings. The van der Waals surface area contributed by atoms with Crippen molar-refractivity contribution in [1.29, 1.82) is 0 Å². The molecule has 0 saturated carbocycles. The SMILES string of the molecule is C[C@@H](CO)CCNC(=O)Nc1cccc(-c2ccco2)c1. The molecule has 112 valence electrons. The largest absolute Gasteiger partial charge is 0.464 e. The number of aliphatic hydroxyl groups is 1. The number of amides is 2. The van der Waals surface area contributed by atoms with Crippen molar-refractivity contribution in [3.63, 3.8) is 0 Å². The molecule has 0 saturated heterocycles. The first-order valence-electron chi connectivity index (χ1n) is 6.98. The number of rotatable bonds is 6. The van der Waals surface area contributed by atoms with Crippen molar-refractivity contribution in [3.8, 4) is 11.3 Å². The van der Waals surface area contributed by atoms with Crippen LogP contribution in [-0.2, 0) is 0 Å². The van der Waals surface area contributed by atoms with Crippen LogP contribution in [0, 0.1) is 5.92 Å². The van der Waals surface area contributed by atoms with Crippen molar-refractivity contribution in [2.45, 2.75) is 13.3 Å². The minimum Gasteiger partial charge on any atom is -0.464 e. The maximum absolute atomic E-state index is 11.8. The summed E-state index contributed by atoms with van der Waals surface area (Å²) >= 11 is 0. The van der Waals surface area contributed by atoms with Crippen LogP contribution in [0.4, 0.5) is 10.5 Å². The van der Waals surface area contributed by atoms with Gasteiger partial charge in [0.15, 0.2) is 0 Å². The molecule has 3 N–H and O–H groups in total. The van der Waals surface area contributed by atoms with Gasteiger partial charge in [-0.3, -0.25) is 0 Å². The molecule has 2 rings (SSSR count). The first-order valence-corrected chi connectivity index (χ1v) is 6.98. The predicted octanol–water partition coefficient (Wildman–Crippen LogP) is 3.09. The lowest BCUT2D eigenvalue weighted by molar-refractivity contribution is 0.227. The number of urea groups is 1. The van der Waals surface area contributed by atoms with E-state index in [9.17, 15) is 4.79 Å². The minimum atomic E-state index is -0.253. The molecule has 1 aromatic carbocycles. The number of nitrogens with one attached hydrogen (secondary N) is 2. The predicted molar refractivity (Wildman–Crippen MR) is 82.0 cm³/mol. The smallest absolute Gasteiger partial charge is 0.319 e. The van der Waals surface area contributed by atoms with Crippen LogP contribution >= 0.6 is 0 Å². The molecule has 0 aliphatic carbocycles. The summed E-state index contributed by atoms with van der Waals surface area (Å²) in [6.45, 7) is 2.60. The highest BCUT2D eigenvalue weighted by Gasteiger charge is 2.05. The first-order chi connectivity index (χ1) is 10.2. The van der Waals surface area contributed by atoms with Crippen molar-refractivity contribution in [1.82, 2.24) is 5.32 Å². The number of aliphatic hydroxyl groups excluding tert-OH is 1. The lowest BCUT2D eigenvalue weighted by atomic mass is 10.1. The Labute approximate surface area is 124 Å². The molecule has 0 fully saturated rings. The molecule has 5 nitrogen and oxygen atoms in total. The molecular formula is C16H20N2O3. The maximum atomic E-state index is 11.8. The van der Waals surface area contributed by atoms with Crippen LogP contribution in [-0.4, -0.2) is 24.3 Å². The van der Waals surface area contributed by atoms with Crippen LogP contribution in [0.25, 0.3) is 11.3 Å². The van der Waals surface area contributed by atoms with E-state index in [0.717, 1.165) is 17.7 Å². The van der Waals surface area contributed by atoms with Gasteiger partial charge < -0.3 is 20.2 Å². The van der Waals surface area contributed by atoms with E-state index in [4.69, 9.17) is 9.52 Å². The topological polar surface area (TPSA) is 74.5 Å². The number of benzene rings is 1. The Balaban J connectivity index is 1.88. The zero-order valence-electron chi connectivity index (χ0n) is 12.0. The van der Waals surface area contributed by atoms with Crippen molar-refractivity contribution >= 4 is 11.7 Å². The van der Waals surface area contributed by atoms with Gasteiger partial charge >= 0.3 is 6.03 Å². The van der Waals surface area contributed by atoms with Gasteiger partial charge in [0.05, 0.1) is 6.26 Å². The highest BCUT2D eigenvalue weighted by molar-refractivity contribution is 5.89. The van der Waals surface area contributed by atoms with Crippen LogP contribution in [0.3, 0.4) is 0 Å². The summed E-state index contributed by atoms with van der Waals surface area (Å²) in [6, 6.07) is 10.9. The maximum Gasteiger partial charge on any atom is 0.319 e. The second kappa shape index (κ2) is 7.50. The molecule has 0 aliphatic rings. The standard InChI is InChI=1S/C16H20N2O3/c1-12(11-19)7-8-17-16(20)18-14-5-2-4-13(10-14)15-6-3-9-21-15/h2-6,9-10,12,19H,7-8,11H2,1H3,(H2,17,18,20)/t12-/m1/s1. The van der Waals surface area contributed by atoms with Gasteiger partial charge in [-0.2, -0.15) is 0 Å². The van der Waals surface area contributed by atoms with Crippen LogP contribution in [0.5, 0.6) is 0 Å². The third-order valence-corrected chi connectivity index (χ3v) is 3.16. The third kappa shape index (κ3) is 4.65. The Kier molecular flexibility index (Phi) is 5.40. The van der Waals surface area contributed by atoms with Gasteiger partial charge in [0, 0.05) is 24.4 Å². The average Bonchev–Trinajstić information content (AvgIpc) is 3.01. The Morgan fingerprint density at radius 3 is 2.90 bits per heavy atom. The van der Waals surface area contributed by atoms with E-state index in [1.54, 1.807) is 6.26 Å². The lowest BCUT2D eigenvalue weighted by Gasteiger charge is -2.10. The van der Waals surface area contributed by atoms with E-state index in [0.29, 0.717) is 12.2 Å². The number of hydrogen-bond donors (Lipinski definition) is 3. The molecule has 0 radical (unpaired) electrons. The fourth-order valence-electron chi connectivity index (χ4n) is 1.89. The summed E-state index contributed by atoms with van der Waals surface area (Å²) in [5.41, 5.74) is 1.61. The van der Waals surface area contributed by atoms with Crippen molar-refractivity contribution < 1.29 is 14.3 Å². The first kappa shape index (κ1) is 15.1. The molecule has 1 atom stereocenters. The summed E-state index contributed by atoms with van der Waals surface area (Å²) in [4.78, 5) is 11.8. The molecule has 1 heterocycles. The fraction of sp³-hybridized carbons (Fsp3) is 0.312. The summed E-state index contributed by atoms with van der Waals surface area (Å²) < 4.78 is 5.33. The molecule has 0 unspecified atom stereocenters. The minimum absolute atomic E-state index is 0.133. The van der Waals surface area contributed by atoms with E-state index >= 15 is 0 Å². The summed E-state index contributed by atoms with van der Waals surface area (Å²) in [7, 11) is 0. The Morgan fingerprint density at radius 1 is 1.33 bits per heavy atom. The van der Waals surface area contributed by atoms with Crippen molar-refractivity contribution in [3.05, 3.63) is 42.7 Å².